The lowest BCUT2D eigenvalue weighted by molar-refractivity contribution is 0.997. The number of nitrogens with zero attached hydrogens (tertiary/aromatic N) is 4. The first kappa shape index (κ1) is 39.8. The lowest BCUT2D eigenvalue weighted by atomic mass is 10.0. The van der Waals surface area contributed by atoms with Gasteiger partial charge in [-0.25, -0.2) is 0 Å². The molecule has 0 amide bonds. The normalized spacial score (nSPS) is 12.0. The molecule has 10 rings (SSSR count). The van der Waals surface area contributed by atoms with Crippen molar-refractivity contribution in [2.24, 2.45) is 0 Å². The SMILES string of the molecule is C1=CC(N(c2ccc(-c3ccc(N(c4ccccc4)c4ccc(N(c5ccccc5)c5ccccc5)cc4)cc3)cc2)c2ccc(N(c3ccccc3)c3ccccc3)cc2)=CCC1. The summed E-state index contributed by atoms with van der Waals surface area (Å²) in [6, 6.07) is 88.4. The zero-order valence-electron chi connectivity index (χ0n) is 35.6. The molecule has 9 aromatic rings. The predicted octanol–water partition coefficient (Wildman–Crippen LogP) is 17.1. The molecule has 0 saturated carbocycles. The maximum absolute atomic E-state index is 2.36. The predicted molar refractivity (Wildman–Crippen MR) is 271 cm³/mol. The van der Waals surface area contributed by atoms with Crippen molar-refractivity contribution in [1.82, 2.24) is 0 Å². The monoisotopic (exact) mass is 824 g/mol. The quantitative estimate of drug-likeness (QED) is 0.115. The van der Waals surface area contributed by atoms with Gasteiger partial charge in [0.25, 0.3) is 0 Å². The van der Waals surface area contributed by atoms with Crippen LogP contribution in [0, 0.1) is 0 Å². The maximum atomic E-state index is 2.36. The van der Waals surface area contributed by atoms with Gasteiger partial charge in [0, 0.05) is 68.3 Å². The Labute approximate surface area is 377 Å². The summed E-state index contributed by atoms with van der Waals surface area (Å²) >= 11 is 0. The van der Waals surface area contributed by atoms with Gasteiger partial charge in [-0.05, 0) is 164 Å². The number of hydrogen-bond donors (Lipinski definition) is 0. The van der Waals surface area contributed by atoms with Gasteiger partial charge in [-0.2, -0.15) is 0 Å². The Morgan fingerprint density at radius 1 is 0.219 bits per heavy atom. The summed E-state index contributed by atoms with van der Waals surface area (Å²) in [5.74, 6) is 0. The molecule has 4 nitrogen and oxygen atoms in total. The third kappa shape index (κ3) is 8.58. The zero-order chi connectivity index (χ0) is 42.9. The highest BCUT2D eigenvalue weighted by Gasteiger charge is 2.19. The van der Waals surface area contributed by atoms with Crippen LogP contribution < -0.4 is 19.6 Å². The summed E-state index contributed by atoms with van der Waals surface area (Å²) in [4.78, 5) is 9.28. The van der Waals surface area contributed by atoms with Crippen molar-refractivity contribution in [1.29, 1.82) is 0 Å². The van der Waals surface area contributed by atoms with Crippen molar-refractivity contribution >= 4 is 62.6 Å². The van der Waals surface area contributed by atoms with E-state index in [-0.39, 0.29) is 0 Å². The number of hydrogen-bond acceptors (Lipinski definition) is 4. The minimum Gasteiger partial charge on any atom is -0.311 e. The largest absolute Gasteiger partial charge is 0.311 e. The molecule has 0 aromatic heterocycles. The van der Waals surface area contributed by atoms with E-state index in [2.05, 4.69) is 287 Å². The zero-order valence-corrected chi connectivity index (χ0v) is 35.6. The molecule has 4 heteroatoms. The standard InChI is InChI=1S/C60H48N4/c1-7-19-49(20-8-1)61(50-21-9-2-10-22-50)57-39-43-59(44-40-57)63(53-27-15-5-16-28-53)55-35-31-47(32-36-55)48-33-37-56(38-34-48)64(54-29-17-6-18-30-54)60-45-41-58(42-46-60)62(51-23-11-3-12-24-51)52-25-13-4-14-26-52/h1-5,7-17,19-46H,6,18H2. The molecule has 0 spiro atoms. The molecule has 64 heavy (non-hydrogen) atoms. The van der Waals surface area contributed by atoms with Gasteiger partial charge in [-0.15, -0.1) is 0 Å². The van der Waals surface area contributed by atoms with E-state index in [9.17, 15) is 0 Å². The summed E-state index contributed by atoms with van der Waals surface area (Å²) in [7, 11) is 0. The molecular weight excluding hydrogens is 777 g/mol. The van der Waals surface area contributed by atoms with Crippen molar-refractivity contribution < 1.29 is 0 Å². The summed E-state index contributed by atoms with van der Waals surface area (Å²) in [5, 5.41) is 0. The van der Waals surface area contributed by atoms with Crippen LogP contribution in [0.3, 0.4) is 0 Å². The molecule has 0 bridgehead atoms. The number of benzene rings is 9. The molecule has 1 aliphatic rings. The molecule has 0 heterocycles. The molecule has 0 radical (unpaired) electrons. The van der Waals surface area contributed by atoms with Crippen molar-refractivity contribution in [3.05, 3.63) is 273 Å². The number of anilines is 11. The van der Waals surface area contributed by atoms with Crippen LogP contribution in [0.1, 0.15) is 12.8 Å². The Hall–Kier alpha value is -8.34. The molecule has 308 valence electrons. The molecule has 0 unspecified atom stereocenters. The molecule has 0 atom stereocenters. The van der Waals surface area contributed by atoms with E-state index in [0.717, 1.165) is 86.5 Å². The summed E-state index contributed by atoms with van der Waals surface area (Å²) in [5.41, 5.74) is 15.7. The molecule has 0 aliphatic heterocycles. The van der Waals surface area contributed by atoms with E-state index in [4.69, 9.17) is 0 Å². The summed E-state index contributed by atoms with van der Waals surface area (Å²) in [6.07, 6.45) is 8.94. The van der Waals surface area contributed by atoms with Crippen molar-refractivity contribution in [3.63, 3.8) is 0 Å². The van der Waals surface area contributed by atoms with Crippen LogP contribution in [0.5, 0.6) is 0 Å². The van der Waals surface area contributed by atoms with Crippen LogP contribution in [-0.4, -0.2) is 0 Å². The van der Waals surface area contributed by atoms with E-state index >= 15 is 0 Å². The van der Waals surface area contributed by atoms with Crippen LogP contribution in [0.2, 0.25) is 0 Å². The topological polar surface area (TPSA) is 13.0 Å². The second-order valence-corrected chi connectivity index (χ2v) is 15.8. The maximum Gasteiger partial charge on any atom is 0.0463 e. The smallest absolute Gasteiger partial charge is 0.0463 e. The fourth-order valence-electron chi connectivity index (χ4n) is 8.55. The summed E-state index contributed by atoms with van der Waals surface area (Å²) < 4.78 is 0. The Balaban J connectivity index is 0.929. The second-order valence-electron chi connectivity index (χ2n) is 15.8. The van der Waals surface area contributed by atoms with Crippen molar-refractivity contribution in [2.75, 3.05) is 19.6 Å². The van der Waals surface area contributed by atoms with Gasteiger partial charge in [-0.1, -0.05) is 127 Å². The molecule has 0 N–H and O–H groups in total. The van der Waals surface area contributed by atoms with Crippen LogP contribution in [0.4, 0.5) is 62.6 Å². The molecule has 9 aromatic carbocycles. The molecule has 1 aliphatic carbocycles. The van der Waals surface area contributed by atoms with Crippen LogP contribution in [-0.2, 0) is 0 Å². The lowest BCUT2D eigenvalue weighted by Gasteiger charge is -2.29. The number of allylic oxidation sites excluding steroid dienone is 3. The van der Waals surface area contributed by atoms with Crippen LogP contribution in [0.15, 0.2) is 273 Å². The fraction of sp³-hybridized carbons (Fsp3) is 0.0333. The third-order valence-corrected chi connectivity index (χ3v) is 11.6. The van der Waals surface area contributed by atoms with E-state index in [1.165, 1.54) is 5.70 Å². The van der Waals surface area contributed by atoms with E-state index < -0.39 is 0 Å². The van der Waals surface area contributed by atoms with Gasteiger partial charge in [0.05, 0.1) is 0 Å². The van der Waals surface area contributed by atoms with Gasteiger partial charge < -0.3 is 19.6 Å². The Bertz CT molecular complexity index is 2850. The first-order valence-electron chi connectivity index (χ1n) is 22.0. The minimum atomic E-state index is 1.02. The highest BCUT2D eigenvalue weighted by molar-refractivity contribution is 5.83. The first-order valence-corrected chi connectivity index (χ1v) is 22.0. The fourth-order valence-corrected chi connectivity index (χ4v) is 8.55. The number of para-hydroxylation sites is 5. The first-order chi connectivity index (χ1) is 31.8. The Kier molecular flexibility index (Phi) is 11.6. The van der Waals surface area contributed by atoms with Gasteiger partial charge in [-0.3, -0.25) is 0 Å². The van der Waals surface area contributed by atoms with Crippen LogP contribution in [0.25, 0.3) is 11.1 Å². The van der Waals surface area contributed by atoms with E-state index in [1.807, 2.05) is 0 Å². The van der Waals surface area contributed by atoms with E-state index in [0.29, 0.717) is 0 Å². The molecule has 0 fully saturated rings. The minimum absolute atomic E-state index is 1.02. The van der Waals surface area contributed by atoms with Crippen molar-refractivity contribution in [2.45, 2.75) is 12.8 Å². The highest BCUT2D eigenvalue weighted by atomic mass is 15.2. The average molecular weight is 825 g/mol. The van der Waals surface area contributed by atoms with Gasteiger partial charge in [0.2, 0.25) is 0 Å². The van der Waals surface area contributed by atoms with Gasteiger partial charge >= 0.3 is 0 Å². The molecule has 0 saturated heterocycles. The summed E-state index contributed by atoms with van der Waals surface area (Å²) in [6.45, 7) is 0. The molecular formula is C60H48N4. The van der Waals surface area contributed by atoms with Gasteiger partial charge in [0.15, 0.2) is 0 Å². The number of rotatable bonds is 13. The van der Waals surface area contributed by atoms with Crippen LogP contribution >= 0.6 is 0 Å². The Morgan fingerprint density at radius 2 is 0.453 bits per heavy atom. The lowest BCUT2D eigenvalue weighted by Crippen LogP contribution is -2.16. The van der Waals surface area contributed by atoms with Crippen molar-refractivity contribution in [3.8, 4) is 11.1 Å². The third-order valence-electron chi connectivity index (χ3n) is 11.6. The average Bonchev–Trinajstić information content (AvgIpc) is 3.38. The second kappa shape index (κ2) is 18.7. The Morgan fingerprint density at radius 3 is 0.703 bits per heavy atom. The highest BCUT2D eigenvalue weighted by Crippen LogP contribution is 2.41. The van der Waals surface area contributed by atoms with Gasteiger partial charge in [0.1, 0.15) is 0 Å². The van der Waals surface area contributed by atoms with E-state index in [1.54, 1.807) is 0 Å².